The summed E-state index contributed by atoms with van der Waals surface area (Å²) in [5, 5.41) is 2.92. The Balaban J connectivity index is 0.00000264. The summed E-state index contributed by atoms with van der Waals surface area (Å²) in [6.07, 6.45) is 2.64. The summed E-state index contributed by atoms with van der Waals surface area (Å²) in [6, 6.07) is 8.01. The van der Waals surface area contributed by atoms with Gasteiger partial charge in [0.2, 0.25) is 5.91 Å². The molecule has 138 valence electrons. The standard InChI is InChI=1S/C18H29N3O.2ClH/c1-18(2,3)16(19)17(22)20-12-14-6-8-15(9-7-14)13-21-10-4-5-11-21;;/h6-9,16H,4-5,10-13,19H2,1-3H3,(H,20,22);2*1H/t16-;;/m1../s1. The van der Waals surface area contributed by atoms with Crippen LogP contribution in [-0.2, 0) is 17.9 Å². The van der Waals surface area contributed by atoms with Gasteiger partial charge in [0, 0.05) is 13.1 Å². The number of benzene rings is 1. The molecule has 1 heterocycles. The van der Waals surface area contributed by atoms with Crippen LogP contribution in [0.3, 0.4) is 0 Å². The number of hydrogen-bond acceptors (Lipinski definition) is 3. The van der Waals surface area contributed by atoms with Crippen LogP contribution < -0.4 is 11.1 Å². The molecule has 1 atom stereocenters. The van der Waals surface area contributed by atoms with Crippen molar-refractivity contribution in [2.45, 2.75) is 52.7 Å². The highest BCUT2D eigenvalue weighted by molar-refractivity contribution is 5.85. The van der Waals surface area contributed by atoms with Crippen LogP contribution in [0.5, 0.6) is 0 Å². The molecule has 1 aromatic carbocycles. The molecule has 0 aromatic heterocycles. The highest BCUT2D eigenvalue weighted by Crippen LogP contribution is 2.17. The van der Waals surface area contributed by atoms with E-state index in [1.807, 2.05) is 20.8 Å². The predicted octanol–water partition coefficient (Wildman–Crippen LogP) is 3.12. The second-order valence-electron chi connectivity index (χ2n) is 7.36. The van der Waals surface area contributed by atoms with Gasteiger partial charge in [0.05, 0.1) is 6.04 Å². The van der Waals surface area contributed by atoms with Crippen molar-refractivity contribution < 1.29 is 4.79 Å². The zero-order chi connectivity index (χ0) is 16.2. The fourth-order valence-corrected chi connectivity index (χ4v) is 2.65. The minimum atomic E-state index is -0.484. The number of likely N-dealkylation sites (tertiary alicyclic amines) is 1. The van der Waals surface area contributed by atoms with Gasteiger partial charge in [-0.2, -0.15) is 0 Å². The number of hydrogen-bond donors (Lipinski definition) is 2. The minimum absolute atomic E-state index is 0. The maximum atomic E-state index is 12.0. The number of halogens is 2. The molecule has 0 radical (unpaired) electrons. The first kappa shape index (κ1) is 23.2. The second kappa shape index (κ2) is 10.2. The Bertz CT molecular complexity index is 494. The first-order valence-electron chi connectivity index (χ1n) is 8.20. The maximum absolute atomic E-state index is 12.0. The van der Waals surface area contributed by atoms with E-state index in [0.29, 0.717) is 6.54 Å². The summed E-state index contributed by atoms with van der Waals surface area (Å²) >= 11 is 0. The average Bonchev–Trinajstić information content (AvgIpc) is 2.97. The molecule has 4 nitrogen and oxygen atoms in total. The zero-order valence-corrected chi connectivity index (χ0v) is 16.5. The van der Waals surface area contributed by atoms with E-state index in [9.17, 15) is 4.79 Å². The van der Waals surface area contributed by atoms with E-state index in [2.05, 4.69) is 34.5 Å². The molecular weight excluding hydrogens is 345 g/mol. The van der Waals surface area contributed by atoms with Crippen molar-refractivity contribution in [3.05, 3.63) is 35.4 Å². The highest BCUT2D eigenvalue weighted by atomic mass is 35.5. The summed E-state index contributed by atoms with van der Waals surface area (Å²) in [6.45, 7) is 9.92. The van der Waals surface area contributed by atoms with Crippen molar-refractivity contribution in [2.75, 3.05) is 13.1 Å². The molecule has 3 N–H and O–H groups in total. The van der Waals surface area contributed by atoms with Gasteiger partial charge < -0.3 is 11.1 Å². The van der Waals surface area contributed by atoms with Gasteiger partial charge >= 0.3 is 0 Å². The lowest BCUT2D eigenvalue weighted by molar-refractivity contribution is -0.124. The Morgan fingerprint density at radius 1 is 1.12 bits per heavy atom. The lowest BCUT2D eigenvalue weighted by Gasteiger charge is -2.25. The zero-order valence-electron chi connectivity index (χ0n) is 14.9. The van der Waals surface area contributed by atoms with Crippen molar-refractivity contribution >= 4 is 30.7 Å². The number of nitrogens with zero attached hydrogens (tertiary/aromatic N) is 1. The van der Waals surface area contributed by atoms with Crippen molar-refractivity contribution in [3.63, 3.8) is 0 Å². The van der Waals surface area contributed by atoms with Crippen LogP contribution in [0.1, 0.15) is 44.7 Å². The van der Waals surface area contributed by atoms with Crippen molar-refractivity contribution in [1.29, 1.82) is 0 Å². The van der Waals surface area contributed by atoms with E-state index in [0.717, 1.165) is 12.1 Å². The molecule has 1 amide bonds. The molecule has 6 heteroatoms. The van der Waals surface area contributed by atoms with Crippen LogP contribution in [-0.4, -0.2) is 29.9 Å². The summed E-state index contributed by atoms with van der Waals surface area (Å²) < 4.78 is 0. The molecule has 1 saturated heterocycles. The summed E-state index contributed by atoms with van der Waals surface area (Å²) in [5.74, 6) is -0.0892. The average molecular weight is 376 g/mol. The van der Waals surface area contributed by atoms with Gasteiger partial charge in [-0.25, -0.2) is 0 Å². The second-order valence-corrected chi connectivity index (χ2v) is 7.36. The smallest absolute Gasteiger partial charge is 0.237 e. The monoisotopic (exact) mass is 375 g/mol. The predicted molar refractivity (Wildman–Crippen MR) is 105 cm³/mol. The number of carbonyl (C=O) groups excluding carboxylic acids is 1. The number of rotatable bonds is 5. The quantitative estimate of drug-likeness (QED) is 0.830. The lowest BCUT2D eigenvalue weighted by atomic mass is 9.87. The van der Waals surface area contributed by atoms with Gasteiger partial charge in [-0.3, -0.25) is 9.69 Å². The fraction of sp³-hybridized carbons (Fsp3) is 0.611. The van der Waals surface area contributed by atoms with Gasteiger partial charge in [-0.1, -0.05) is 45.0 Å². The molecule has 0 unspecified atom stereocenters. The van der Waals surface area contributed by atoms with E-state index < -0.39 is 6.04 Å². The fourth-order valence-electron chi connectivity index (χ4n) is 2.65. The van der Waals surface area contributed by atoms with E-state index in [1.165, 1.54) is 31.5 Å². The molecule has 1 aliphatic rings. The lowest BCUT2D eigenvalue weighted by Crippen LogP contribution is -2.48. The van der Waals surface area contributed by atoms with E-state index in [1.54, 1.807) is 0 Å². The van der Waals surface area contributed by atoms with Crippen LogP contribution >= 0.6 is 24.8 Å². The van der Waals surface area contributed by atoms with Gasteiger partial charge in [0.1, 0.15) is 0 Å². The largest absolute Gasteiger partial charge is 0.351 e. The van der Waals surface area contributed by atoms with E-state index in [-0.39, 0.29) is 36.1 Å². The molecule has 0 spiro atoms. The minimum Gasteiger partial charge on any atom is -0.351 e. The Morgan fingerprint density at radius 2 is 1.62 bits per heavy atom. The van der Waals surface area contributed by atoms with Crippen LogP contribution in [0.2, 0.25) is 0 Å². The van der Waals surface area contributed by atoms with Crippen LogP contribution in [0.4, 0.5) is 0 Å². The molecule has 24 heavy (non-hydrogen) atoms. The number of carbonyl (C=O) groups is 1. The third-order valence-corrected chi connectivity index (χ3v) is 4.31. The van der Waals surface area contributed by atoms with Crippen molar-refractivity contribution in [3.8, 4) is 0 Å². The first-order chi connectivity index (χ1) is 10.4. The summed E-state index contributed by atoms with van der Waals surface area (Å²) in [4.78, 5) is 14.5. The SMILES string of the molecule is CC(C)(C)[C@H](N)C(=O)NCc1ccc(CN2CCCC2)cc1.Cl.Cl. The maximum Gasteiger partial charge on any atom is 0.237 e. The Hall–Kier alpha value is -0.810. The van der Waals surface area contributed by atoms with E-state index in [4.69, 9.17) is 5.73 Å². The molecule has 1 fully saturated rings. The third kappa shape index (κ3) is 6.98. The number of amides is 1. The molecule has 1 aromatic rings. The number of nitrogens with two attached hydrogens (primary N) is 1. The Labute approximate surface area is 158 Å². The summed E-state index contributed by atoms with van der Waals surface area (Å²) in [7, 11) is 0. The van der Waals surface area contributed by atoms with E-state index >= 15 is 0 Å². The Kier molecular flexibility index (Phi) is 9.90. The molecule has 1 aliphatic heterocycles. The normalized spacial score (nSPS) is 16.0. The van der Waals surface area contributed by atoms with Gasteiger partial charge in [0.25, 0.3) is 0 Å². The van der Waals surface area contributed by atoms with Crippen molar-refractivity contribution in [2.24, 2.45) is 11.1 Å². The van der Waals surface area contributed by atoms with Gasteiger partial charge in [0.15, 0.2) is 0 Å². The molecule has 2 rings (SSSR count). The third-order valence-electron chi connectivity index (χ3n) is 4.31. The molecule has 0 bridgehead atoms. The van der Waals surface area contributed by atoms with Gasteiger partial charge in [-0.15, -0.1) is 24.8 Å². The topological polar surface area (TPSA) is 58.4 Å². The molecule has 0 aliphatic carbocycles. The van der Waals surface area contributed by atoms with Gasteiger partial charge in [-0.05, 0) is 42.5 Å². The first-order valence-corrected chi connectivity index (χ1v) is 8.20. The summed E-state index contributed by atoms with van der Waals surface area (Å²) in [5.41, 5.74) is 8.18. The van der Waals surface area contributed by atoms with Crippen molar-refractivity contribution in [1.82, 2.24) is 10.2 Å². The van der Waals surface area contributed by atoms with Crippen LogP contribution in [0.15, 0.2) is 24.3 Å². The molecular formula is C18H31Cl2N3O. The number of nitrogens with one attached hydrogen (secondary N) is 1. The van der Waals surface area contributed by atoms with Crippen LogP contribution in [0.25, 0.3) is 0 Å². The molecule has 0 saturated carbocycles. The Morgan fingerprint density at radius 3 is 2.12 bits per heavy atom. The van der Waals surface area contributed by atoms with Crippen LogP contribution in [0, 0.1) is 5.41 Å². The highest BCUT2D eigenvalue weighted by Gasteiger charge is 2.27.